The number of carboxylic acids is 1. The van der Waals surface area contributed by atoms with Gasteiger partial charge >= 0.3 is 41.6 Å². The molecule has 20 heavy (non-hydrogen) atoms. The van der Waals surface area contributed by atoms with E-state index >= 15 is 0 Å². The first-order valence-electron chi connectivity index (χ1n) is 4.08. The number of aliphatic carboxylic acids is 1. The molecular weight excluding hydrogens is 408 g/mol. The van der Waals surface area contributed by atoms with E-state index in [1.165, 1.54) is 12.3 Å². The van der Waals surface area contributed by atoms with Gasteiger partial charge in [-0.15, -0.1) is 0 Å². The van der Waals surface area contributed by atoms with Crippen molar-refractivity contribution in [3.05, 3.63) is 21.9 Å². The second-order valence-electron chi connectivity index (χ2n) is 2.61. The van der Waals surface area contributed by atoms with Crippen LogP contribution in [0.25, 0.3) is 0 Å². The summed E-state index contributed by atoms with van der Waals surface area (Å²) in [6.07, 6.45) is 1.32. The summed E-state index contributed by atoms with van der Waals surface area (Å²) in [7, 11) is 0. The van der Waals surface area contributed by atoms with Crippen molar-refractivity contribution >= 4 is 45.1 Å². The van der Waals surface area contributed by atoms with Crippen LogP contribution in [0.2, 0.25) is 5.02 Å². The van der Waals surface area contributed by atoms with E-state index in [2.05, 4.69) is 37.3 Å². The number of carboxylic acid groups (broad SMARTS) is 1. The Morgan fingerprint density at radius 2 is 1.95 bits per heavy atom. The molecule has 0 aliphatic heterocycles. The van der Waals surface area contributed by atoms with Crippen molar-refractivity contribution in [3.63, 3.8) is 0 Å². The molecule has 0 atom stereocenters. The van der Waals surface area contributed by atoms with Crippen LogP contribution >= 0.6 is 39.1 Å². The number of aromatic nitrogens is 1. The topological polar surface area (TPSA) is 62.2 Å². The fraction of sp³-hybridized carbons (Fsp3) is 0.250. The van der Waals surface area contributed by atoms with Gasteiger partial charge in [0.25, 0.3) is 0 Å². The van der Waals surface area contributed by atoms with E-state index in [9.17, 15) is 17.6 Å². The van der Waals surface area contributed by atoms with Crippen LogP contribution in [-0.2, 0) is 4.79 Å². The Bertz CT molecular complexity index is 450. The number of rotatable bonds is 3. The molecule has 4 nitrogen and oxygen atoms in total. The van der Waals surface area contributed by atoms with E-state index in [-0.39, 0.29) is 44.9 Å². The predicted molar refractivity (Wildman–Crippen MR) is 59.4 cm³/mol. The summed E-state index contributed by atoms with van der Waals surface area (Å²) in [5.74, 6) is -2.65. The van der Waals surface area contributed by atoms with E-state index in [1.807, 2.05) is 0 Å². The average Bonchev–Trinajstić information content (AvgIpc) is 2.22. The third-order valence-electron chi connectivity index (χ3n) is 1.22. The second-order valence-corrected chi connectivity index (χ2v) is 4.27. The van der Waals surface area contributed by atoms with Crippen LogP contribution in [0.5, 0.6) is 5.75 Å². The molecular formula is C8H3BrCl2F4NNaO3. The number of nitrogens with zero attached hydrogens (tertiary/aromatic N) is 1. The van der Waals surface area contributed by atoms with Crippen molar-refractivity contribution in [3.8, 4) is 5.75 Å². The molecule has 1 aromatic rings. The number of hydrogen-bond donors (Lipinski definition) is 0. The Morgan fingerprint density at radius 1 is 1.50 bits per heavy atom. The minimum atomic E-state index is -4.22. The zero-order valence-electron chi connectivity index (χ0n) is 9.55. The van der Waals surface area contributed by atoms with Crippen molar-refractivity contribution in [2.45, 2.75) is 12.0 Å². The van der Waals surface area contributed by atoms with Gasteiger partial charge in [0.05, 0.1) is 5.02 Å². The Balaban J connectivity index is 0. The quantitative estimate of drug-likeness (QED) is 0.296. The normalized spacial score (nSPS) is 10.2. The van der Waals surface area contributed by atoms with Crippen LogP contribution in [0.4, 0.5) is 17.6 Å². The monoisotopic (exact) mass is 409 g/mol. The SMILES string of the molecule is FC(F)Oc1cc(Cl)cnc1Br.O=C([O-])C(F)(F)Cl.[Na+]. The molecule has 0 aliphatic carbocycles. The van der Waals surface area contributed by atoms with Crippen LogP contribution in [-0.4, -0.2) is 22.9 Å². The smallest absolute Gasteiger partial charge is 0.543 e. The number of carbonyl (C=O) groups excluding carboxylic acids is 1. The predicted octanol–water partition coefficient (Wildman–Crippen LogP) is -0.329. The molecule has 1 heterocycles. The largest absolute Gasteiger partial charge is 1.00 e. The maximum Gasteiger partial charge on any atom is 1.00 e. The van der Waals surface area contributed by atoms with E-state index in [1.54, 1.807) is 0 Å². The third kappa shape index (κ3) is 10.0. The molecule has 0 bridgehead atoms. The number of pyridine rings is 1. The molecule has 0 N–H and O–H groups in total. The van der Waals surface area contributed by atoms with Crippen LogP contribution in [0.3, 0.4) is 0 Å². The van der Waals surface area contributed by atoms with E-state index in [0.717, 1.165) is 0 Å². The van der Waals surface area contributed by atoms with E-state index in [4.69, 9.17) is 21.5 Å². The summed E-state index contributed by atoms with van der Waals surface area (Å²) in [5.41, 5.74) is 0. The summed E-state index contributed by atoms with van der Waals surface area (Å²) < 4.78 is 49.6. The van der Waals surface area contributed by atoms with E-state index in [0.29, 0.717) is 0 Å². The van der Waals surface area contributed by atoms with Crippen LogP contribution in [0, 0.1) is 0 Å². The molecule has 0 spiro atoms. The number of alkyl halides is 5. The Kier molecular flexibility index (Phi) is 11.3. The summed E-state index contributed by atoms with van der Waals surface area (Å²) in [4.78, 5) is 12.7. The van der Waals surface area contributed by atoms with Crippen molar-refractivity contribution in [1.29, 1.82) is 0 Å². The standard InChI is InChI=1S/C6H3BrClF2NO.C2HClF2O2.Na/c7-5-4(12-6(9)10)1-3(8)2-11-5;3-2(4,5)1(6)7;/h1-2,6H;(H,6,7);/q;;+1/p-1. The van der Waals surface area contributed by atoms with Crippen molar-refractivity contribution in [2.24, 2.45) is 0 Å². The first kappa shape index (κ1) is 22.5. The molecule has 0 fully saturated rings. The number of hydrogen-bond acceptors (Lipinski definition) is 4. The Hall–Kier alpha value is 0.200. The summed E-state index contributed by atoms with van der Waals surface area (Å²) in [6.45, 7) is -2.87. The zero-order valence-corrected chi connectivity index (χ0v) is 14.6. The minimum Gasteiger partial charge on any atom is -0.543 e. The molecule has 0 saturated carbocycles. The van der Waals surface area contributed by atoms with E-state index < -0.39 is 18.0 Å². The van der Waals surface area contributed by atoms with Gasteiger partial charge in [0, 0.05) is 12.3 Å². The molecule has 108 valence electrons. The second kappa shape index (κ2) is 10.0. The Morgan fingerprint density at radius 3 is 2.30 bits per heavy atom. The Labute approximate surface area is 150 Å². The van der Waals surface area contributed by atoms with Gasteiger partial charge in [-0.2, -0.15) is 17.6 Å². The minimum absolute atomic E-state index is 0. The first-order chi connectivity index (χ1) is 8.54. The maximum absolute atomic E-state index is 11.7. The van der Waals surface area contributed by atoms with Gasteiger partial charge in [-0.1, -0.05) is 11.6 Å². The van der Waals surface area contributed by atoms with Crippen LogP contribution in [0.1, 0.15) is 0 Å². The third-order valence-corrected chi connectivity index (χ3v) is 2.18. The summed E-state index contributed by atoms with van der Waals surface area (Å²) >= 11 is 12.3. The number of halogens is 7. The zero-order chi connectivity index (χ0) is 15.2. The average molecular weight is 411 g/mol. The van der Waals surface area contributed by atoms with Gasteiger partial charge in [-0.05, 0) is 27.5 Å². The molecule has 0 aliphatic rings. The van der Waals surface area contributed by atoms with Crippen molar-refractivity contribution in [1.82, 2.24) is 4.98 Å². The van der Waals surface area contributed by atoms with Gasteiger partial charge in [0.2, 0.25) is 0 Å². The van der Waals surface area contributed by atoms with Gasteiger partial charge in [0.15, 0.2) is 5.75 Å². The molecule has 0 amide bonds. The van der Waals surface area contributed by atoms with Gasteiger partial charge in [-0.3, -0.25) is 0 Å². The summed E-state index contributed by atoms with van der Waals surface area (Å²) in [5, 5.41) is 5.05. The van der Waals surface area contributed by atoms with Gasteiger partial charge in [0.1, 0.15) is 10.6 Å². The molecule has 0 saturated heterocycles. The van der Waals surface area contributed by atoms with Crippen LogP contribution < -0.4 is 39.4 Å². The molecule has 0 aromatic carbocycles. The van der Waals surface area contributed by atoms with Crippen molar-refractivity contribution < 1.29 is 61.8 Å². The van der Waals surface area contributed by atoms with Crippen LogP contribution in [0.15, 0.2) is 16.9 Å². The fourth-order valence-corrected chi connectivity index (χ4v) is 1.04. The summed E-state index contributed by atoms with van der Waals surface area (Å²) in [6, 6.07) is 1.25. The number of carbonyl (C=O) groups is 1. The first-order valence-corrected chi connectivity index (χ1v) is 5.63. The van der Waals surface area contributed by atoms with Gasteiger partial charge in [-0.25, -0.2) is 4.98 Å². The number of ether oxygens (including phenoxy) is 1. The molecule has 0 radical (unpaired) electrons. The maximum atomic E-state index is 11.7. The van der Waals surface area contributed by atoms with Gasteiger partial charge < -0.3 is 14.6 Å². The van der Waals surface area contributed by atoms with Crippen molar-refractivity contribution in [2.75, 3.05) is 0 Å². The fourth-order valence-electron chi connectivity index (χ4n) is 0.583. The molecule has 0 unspecified atom stereocenters. The molecule has 1 rings (SSSR count). The molecule has 1 aromatic heterocycles. The molecule has 12 heteroatoms.